The highest BCUT2D eigenvalue weighted by Gasteiger charge is 2.23. The summed E-state index contributed by atoms with van der Waals surface area (Å²) in [7, 11) is 1.65. The molecule has 0 aromatic heterocycles. The number of likely N-dealkylation sites (tertiary alicyclic amines) is 1. The number of aliphatic carboxylic acids is 1. The molecule has 0 aliphatic carbocycles. The summed E-state index contributed by atoms with van der Waals surface area (Å²) in [6.07, 6.45) is 3.56. The van der Waals surface area contributed by atoms with Crippen molar-refractivity contribution >= 4 is 11.9 Å². The van der Waals surface area contributed by atoms with Crippen molar-refractivity contribution in [3.05, 3.63) is 29.8 Å². The molecule has 6 heteroatoms. The Kier molecular flexibility index (Phi) is 7.73. The molecule has 1 aliphatic heterocycles. The third kappa shape index (κ3) is 6.38. The Bertz CT molecular complexity index is 567. The van der Waals surface area contributed by atoms with Crippen molar-refractivity contribution in [3.8, 4) is 5.75 Å². The summed E-state index contributed by atoms with van der Waals surface area (Å²) in [5, 5.41) is 8.61. The Morgan fingerprint density at radius 2 is 1.84 bits per heavy atom. The quantitative estimate of drug-likeness (QED) is 0.694. The SMILES string of the molecule is COc1ccccc1COC1CCN(C(=O)CCCCC(=O)O)CC1. The van der Waals surface area contributed by atoms with E-state index < -0.39 is 5.97 Å². The van der Waals surface area contributed by atoms with Gasteiger partial charge in [-0.2, -0.15) is 0 Å². The number of carbonyl (C=O) groups excluding carboxylic acids is 1. The Labute approximate surface area is 148 Å². The number of ether oxygens (including phenoxy) is 2. The minimum absolute atomic E-state index is 0.119. The largest absolute Gasteiger partial charge is 0.496 e. The monoisotopic (exact) mass is 349 g/mol. The maximum Gasteiger partial charge on any atom is 0.303 e. The molecule has 0 spiro atoms. The number of rotatable bonds is 9. The van der Waals surface area contributed by atoms with E-state index in [9.17, 15) is 9.59 Å². The number of benzene rings is 1. The van der Waals surface area contributed by atoms with Crippen LogP contribution in [0.3, 0.4) is 0 Å². The van der Waals surface area contributed by atoms with E-state index in [0.29, 0.717) is 39.0 Å². The lowest BCUT2D eigenvalue weighted by Gasteiger charge is -2.32. The molecule has 0 radical (unpaired) electrons. The van der Waals surface area contributed by atoms with Gasteiger partial charge in [0.25, 0.3) is 0 Å². The minimum Gasteiger partial charge on any atom is -0.496 e. The van der Waals surface area contributed by atoms with Crippen molar-refractivity contribution in [2.45, 2.75) is 51.2 Å². The molecule has 2 rings (SSSR count). The predicted molar refractivity (Wildman–Crippen MR) is 93.5 cm³/mol. The van der Waals surface area contributed by atoms with Crippen LogP contribution in [0.5, 0.6) is 5.75 Å². The third-order valence-electron chi connectivity index (χ3n) is 4.49. The van der Waals surface area contributed by atoms with Crippen LogP contribution in [0.2, 0.25) is 0 Å². The highest BCUT2D eigenvalue weighted by Crippen LogP contribution is 2.21. The molecule has 1 fully saturated rings. The first-order valence-electron chi connectivity index (χ1n) is 8.83. The number of carboxylic acid groups (broad SMARTS) is 1. The van der Waals surface area contributed by atoms with Crippen molar-refractivity contribution in [1.82, 2.24) is 4.90 Å². The highest BCUT2D eigenvalue weighted by atomic mass is 16.5. The van der Waals surface area contributed by atoms with E-state index in [2.05, 4.69) is 0 Å². The Hall–Kier alpha value is -2.08. The number of hydrogen-bond donors (Lipinski definition) is 1. The van der Waals surface area contributed by atoms with Gasteiger partial charge in [-0.15, -0.1) is 0 Å². The number of piperidine rings is 1. The number of methoxy groups -OCH3 is 1. The molecule has 138 valence electrons. The molecular formula is C19H27NO5. The number of carbonyl (C=O) groups is 2. The van der Waals surface area contributed by atoms with E-state index in [1.807, 2.05) is 29.2 Å². The van der Waals surface area contributed by atoms with E-state index >= 15 is 0 Å². The molecule has 0 bridgehead atoms. The van der Waals surface area contributed by atoms with Gasteiger partial charge in [-0.1, -0.05) is 18.2 Å². The average Bonchev–Trinajstić information content (AvgIpc) is 2.64. The fourth-order valence-electron chi connectivity index (χ4n) is 3.01. The smallest absolute Gasteiger partial charge is 0.303 e. The molecule has 0 saturated carbocycles. The molecule has 1 aliphatic rings. The zero-order chi connectivity index (χ0) is 18.1. The van der Waals surface area contributed by atoms with Gasteiger partial charge in [0.05, 0.1) is 19.8 Å². The Morgan fingerprint density at radius 1 is 1.16 bits per heavy atom. The highest BCUT2D eigenvalue weighted by molar-refractivity contribution is 5.76. The molecule has 6 nitrogen and oxygen atoms in total. The maximum atomic E-state index is 12.1. The molecule has 25 heavy (non-hydrogen) atoms. The second-order valence-corrected chi connectivity index (χ2v) is 6.30. The molecule has 1 aromatic carbocycles. The summed E-state index contributed by atoms with van der Waals surface area (Å²) >= 11 is 0. The Morgan fingerprint density at radius 3 is 2.52 bits per heavy atom. The van der Waals surface area contributed by atoms with Crippen molar-refractivity contribution < 1.29 is 24.2 Å². The second-order valence-electron chi connectivity index (χ2n) is 6.30. The number of amides is 1. The molecule has 1 aromatic rings. The fourth-order valence-corrected chi connectivity index (χ4v) is 3.01. The zero-order valence-corrected chi connectivity index (χ0v) is 14.8. The van der Waals surface area contributed by atoms with Gasteiger partial charge < -0.3 is 19.5 Å². The Balaban J connectivity index is 1.67. The number of unbranched alkanes of at least 4 members (excludes halogenated alkanes) is 1. The molecule has 1 N–H and O–H groups in total. The van der Waals surface area contributed by atoms with Crippen molar-refractivity contribution in [3.63, 3.8) is 0 Å². The standard InChI is InChI=1S/C19H27NO5/c1-24-17-7-3-2-6-15(17)14-25-16-10-12-20(13-11-16)18(21)8-4-5-9-19(22)23/h2-3,6-7,16H,4-5,8-14H2,1H3,(H,22,23). The van der Waals surface area contributed by atoms with Crippen LogP contribution in [-0.4, -0.2) is 48.2 Å². The van der Waals surface area contributed by atoms with Gasteiger partial charge >= 0.3 is 5.97 Å². The van der Waals surface area contributed by atoms with Crippen LogP contribution in [0.15, 0.2) is 24.3 Å². The van der Waals surface area contributed by atoms with Gasteiger partial charge in [0.15, 0.2) is 0 Å². The number of carboxylic acids is 1. The second kappa shape index (κ2) is 10.0. The van der Waals surface area contributed by atoms with E-state index in [-0.39, 0.29) is 18.4 Å². The lowest BCUT2D eigenvalue weighted by atomic mass is 10.1. The molecule has 1 saturated heterocycles. The first kappa shape index (κ1) is 19.2. The van der Waals surface area contributed by atoms with Crippen molar-refractivity contribution in [2.24, 2.45) is 0 Å². The molecule has 1 heterocycles. The first-order chi connectivity index (χ1) is 12.1. The van der Waals surface area contributed by atoms with E-state index in [0.717, 1.165) is 24.2 Å². The molecule has 1 amide bonds. The number of hydrogen-bond acceptors (Lipinski definition) is 4. The van der Waals surface area contributed by atoms with Crippen LogP contribution in [-0.2, 0) is 20.9 Å². The van der Waals surface area contributed by atoms with Crippen LogP contribution in [0, 0.1) is 0 Å². The summed E-state index contributed by atoms with van der Waals surface area (Å²) in [6.45, 7) is 1.92. The minimum atomic E-state index is -0.805. The fraction of sp³-hybridized carbons (Fsp3) is 0.579. The zero-order valence-electron chi connectivity index (χ0n) is 14.8. The molecular weight excluding hydrogens is 322 g/mol. The normalized spacial score (nSPS) is 15.2. The summed E-state index contributed by atoms with van der Waals surface area (Å²) in [5.74, 6) is 0.144. The van der Waals surface area contributed by atoms with E-state index in [1.165, 1.54) is 0 Å². The van der Waals surface area contributed by atoms with Crippen molar-refractivity contribution in [1.29, 1.82) is 0 Å². The average molecular weight is 349 g/mol. The molecule has 0 unspecified atom stereocenters. The summed E-state index contributed by atoms with van der Waals surface area (Å²) in [6, 6.07) is 7.81. The lowest BCUT2D eigenvalue weighted by molar-refractivity contribution is -0.138. The number of para-hydroxylation sites is 1. The summed E-state index contributed by atoms with van der Waals surface area (Å²) in [5.41, 5.74) is 1.03. The van der Waals surface area contributed by atoms with E-state index in [4.69, 9.17) is 14.6 Å². The predicted octanol–water partition coefficient (Wildman–Crippen LogP) is 2.85. The first-order valence-corrected chi connectivity index (χ1v) is 8.83. The topological polar surface area (TPSA) is 76.1 Å². The lowest BCUT2D eigenvalue weighted by Crippen LogP contribution is -2.40. The van der Waals surface area contributed by atoms with E-state index in [1.54, 1.807) is 7.11 Å². The molecule has 0 atom stereocenters. The number of nitrogens with zero attached hydrogens (tertiary/aromatic N) is 1. The third-order valence-corrected chi connectivity index (χ3v) is 4.49. The van der Waals surface area contributed by atoms with Gasteiger partial charge in [0.2, 0.25) is 5.91 Å². The summed E-state index contributed by atoms with van der Waals surface area (Å²) < 4.78 is 11.3. The van der Waals surface area contributed by atoms with Gasteiger partial charge in [0, 0.05) is 31.5 Å². The van der Waals surface area contributed by atoms with Crippen molar-refractivity contribution in [2.75, 3.05) is 20.2 Å². The van der Waals surface area contributed by atoms with Crippen LogP contribution < -0.4 is 4.74 Å². The van der Waals surface area contributed by atoms with Gasteiger partial charge in [-0.3, -0.25) is 9.59 Å². The van der Waals surface area contributed by atoms with Gasteiger partial charge in [-0.05, 0) is 31.7 Å². The maximum absolute atomic E-state index is 12.1. The summed E-state index contributed by atoms with van der Waals surface area (Å²) in [4.78, 5) is 24.5. The van der Waals surface area contributed by atoms with Crippen LogP contribution >= 0.6 is 0 Å². The van der Waals surface area contributed by atoms with Crippen LogP contribution in [0.1, 0.15) is 44.1 Å². The van der Waals surface area contributed by atoms with Gasteiger partial charge in [-0.25, -0.2) is 0 Å². The van der Waals surface area contributed by atoms with Crippen LogP contribution in [0.4, 0.5) is 0 Å². The van der Waals surface area contributed by atoms with Crippen LogP contribution in [0.25, 0.3) is 0 Å². The van der Waals surface area contributed by atoms with Gasteiger partial charge in [0.1, 0.15) is 5.75 Å².